The smallest absolute Gasteiger partial charge is 0.336 e. The Morgan fingerprint density at radius 1 is 1.07 bits per heavy atom. The third kappa shape index (κ3) is 4.59. The van der Waals surface area contributed by atoms with E-state index in [1.54, 1.807) is 0 Å². The fourth-order valence-corrected chi connectivity index (χ4v) is 3.32. The zero-order chi connectivity index (χ0) is 19.9. The first-order valence-corrected chi connectivity index (χ1v) is 9.32. The van der Waals surface area contributed by atoms with Crippen molar-refractivity contribution in [1.82, 2.24) is 14.1 Å². The van der Waals surface area contributed by atoms with Crippen molar-refractivity contribution in [1.29, 1.82) is 0 Å². The first-order chi connectivity index (χ1) is 13.6. The Labute approximate surface area is 166 Å². The third-order valence-electron chi connectivity index (χ3n) is 4.19. The summed E-state index contributed by atoms with van der Waals surface area (Å²) in [6, 6.07) is 17.6. The minimum Gasteiger partial charge on any atom is -0.467 e. The molecule has 8 heteroatoms. The normalized spacial score (nSPS) is 12.8. The zero-order valence-electron chi connectivity index (χ0n) is 15.1. The summed E-state index contributed by atoms with van der Waals surface area (Å²) in [5.41, 5.74) is 2.21. The molecule has 2 unspecified atom stereocenters. The molecule has 0 saturated carbocycles. The minimum atomic E-state index is -1.51. The number of benzene rings is 2. The average Bonchev–Trinajstić information content (AvgIpc) is 3.23. The maximum absolute atomic E-state index is 12.8. The summed E-state index contributed by atoms with van der Waals surface area (Å²) in [7, 11) is 1.19. The molecule has 0 bridgehead atoms. The van der Waals surface area contributed by atoms with Gasteiger partial charge in [0.15, 0.2) is 11.8 Å². The lowest BCUT2D eigenvalue weighted by Crippen LogP contribution is -2.48. The van der Waals surface area contributed by atoms with Crippen LogP contribution in [0.5, 0.6) is 0 Å². The lowest BCUT2D eigenvalue weighted by molar-refractivity contribution is -0.151. The molecule has 3 aromatic rings. The standard InChI is InChI=1S/C20H19N3O4S/c1-27-20(26)18(24)15(12-13-8-4-2-5-9-13)21-19(25)17-16(22-28-23-17)14-10-6-3-7-11-14/h2-11,15,18,24H,12H2,1H3,(H,21,25). The number of nitrogens with zero attached hydrogens (tertiary/aromatic N) is 2. The van der Waals surface area contributed by atoms with Gasteiger partial charge in [0.1, 0.15) is 5.69 Å². The molecule has 3 rings (SSSR count). The fraction of sp³-hybridized carbons (Fsp3) is 0.200. The van der Waals surface area contributed by atoms with Crippen molar-refractivity contribution >= 4 is 23.6 Å². The fourth-order valence-electron chi connectivity index (χ4n) is 2.75. The van der Waals surface area contributed by atoms with E-state index in [0.717, 1.165) is 22.9 Å². The SMILES string of the molecule is COC(=O)C(O)C(Cc1ccccc1)NC(=O)c1nsnc1-c1ccccc1. The van der Waals surface area contributed by atoms with Crippen molar-refractivity contribution in [2.24, 2.45) is 0 Å². The Bertz CT molecular complexity index is 931. The van der Waals surface area contributed by atoms with E-state index in [-0.39, 0.29) is 12.1 Å². The van der Waals surface area contributed by atoms with Crippen molar-refractivity contribution < 1.29 is 19.4 Å². The molecule has 1 aromatic heterocycles. The van der Waals surface area contributed by atoms with Crippen LogP contribution >= 0.6 is 11.7 Å². The predicted molar refractivity (Wildman–Crippen MR) is 105 cm³/mol. The van der Waals surface area contributed by atoms with Gasteiger partial charge in [0.2, 0.25) is 0 Å². The first-order valence-electron chi connectivity index (χ1n) is 8.59. The summed E-state index contributed by atoms with van der Waals surface area (Å²) in [5, 5.41) is 13.1. The Hall–Kier alpha value is -3.10. The van der Waals surface area contributed by atoms with Gasteiger partial charge in [-0.2, -0.15) is 8.75 Å². The predicted octanol–water partition coefficient (Wildman–Crippen LogP) is 2.08. The van der Waals surface area contributed by atoms with E-state index in [0.29, 0.717) is 5.69 Å². The van der Waals surface area contributed by atoms with Crippen LogP contribution in [-0.2, 0) is 16.0 Å². The maximum Gasteiger partial charge on any atom is 0.336 e. The molecule has 0 saturated heterocycles. The van der Waals surface area contributed by atoms with E-state index in [4.69, 9.17) is 0 Å². The van der Waals surface area contributed by atoms with E-state index < -0.39 is 24.0 Å². The van der Waals surface area contributed by atoms with Crippen molar-refractivity contribution in [3.63, 3.8) is 0 Å². The van der Waals surface area contributed by atoms with Gasteiger partial charge in [0.25, 0.3) is 5.91 Å². The van der Waals surface area contributed by atoms with Crippen LogP contribution in [0.1, 0.15) is 16.1 Å². The Balaban J connectivity index is 1.84. The number of carbonyl (C=O) groups is 2. The van der Waals surface area contributed by atoms with Gasteiger partial charge in [-0.25, -0.2) is 4.79 Å². The highest BCUT2D eigenvalue weighted by molar-refractivity contribution is 6.99. The third-order valence-corrected chi connectivity index (χ3v) is 4.72. The van der Waals surface area contributed by atoms with Crippen molar-refractivity contribution in [2.75, 3.05) is 7.11 Å². The number of aliphatic hydroxyl groups excluding tert-OH is 1. The zero-order valence-corrected chi connectivity index (χ0v) is 15.9. The number of nitrogens with one attached hydrogen (secondary N) is 1. The van der Waals surface area contributed by atoms with Crippen LogP contribution in [0.2, 0.25) is 0 Å². The molecule has 144 valence electrons. The number of aliphatic hydroxyl groups is 1. The highest BCUT2D eigenvalue weighted by Crippen LogP contribution is 2.21. The van der Waals surface area contributed by atoms with E-state index in [2.05, 4.69) is 18.8 Å². The Morgan fingerprint density at radius 3 is 2.36 bits per heavy atom. The van der Waals surface area contributed by atoms with Gasteiger partial charge in [-0.05, 0) is 12.0 Å². The van der Waals surface area contributed by atoms with Gasteiger partial charge in [0, 0.05) is 5.56 Å². The summed E-state index contributed by atoms with van der Waals surface area (Å²) >= 11 is 0.925. The molecule has 0 aliphatic rings. The quantitative estimate of drug-likeness (QED) is 0.592. The van der Waals surface area contributed by atoms with Crippen LogP contribution < -0.4 is 5.32 Å². The maximum atomic E-state index is 12.8. The molecule has 0 spiro atoms. The molecule has 2 N–H and O–H groups in total. The van der Waals surface area contributed by atoms with E-state index in [9.17, 15) is 14.7 Å². The number of rotatable bonds is 7. The monoisotopic (exact) mass is 397 g/mol. The largest absolute Gasteiger partial charge is 0.467 e. The molecule has 2 aromatic carbocycles. The van der Waals surface area contributed by atoms with Crippen LogP contribution in [0, 0.1) is 0 Å². The average molecular weight is 397 g/mol. The van der Waals surface area contributed by atoms with E-state index in [1.807, 2.05) is 60.7 Å². The van der Waals surface area contributed by atoms with Crippen LogP contribution in [0.3, 0.4) is 0 Å². The summed E-state index contributed by atoms with van der Waals surface area (Å²) < 4.78 is 12.9. The number of hydrogen-bond donors (Lipinski definition) is 2. The van der Waals surface area contributed by atoms with Gasteiger partial charge in [-0.15, -0.1) is 0 Å². The second kappa shape index (κ2) is 9.20. The van der Waals surface area contributed by atoms with Crippen LogP contribution in [-0.4, -0.2) is 45.0 Å². The first kappa shape index (κ1) is 19.7. The van der Waals surface area contributed by atoms with Crippen LogP contribution in [0.25, 0.3) is 11.3 Å². The number of esters is 1. The van der Waals surface area contributed by atoms with E-state index >= 15 is 0 Å². The number of hydrogen-bond acceptors (Lipinski definition) is 7. The molecular formula is C20H19N3O4S. The molecule has 28 heavy (non-hydrogen) atoms. The van der Waals surface area contributed by atoms with Gasteiger partial charge in [0.05, 0.1) is 24.9 Å². The lowest BCUT2D eigenvalue weighted by Gasteiger charge is -2.22. The number of carbonyl (C=O) groups excluding carboxylic acids is 2. The van der Waals surface area contributed by atoms with Crippen LogP contribution in [0.4, 0.5) is 0 Å². The number of ether oxygens (including phenoxy) is 1. The Morgan fingerprint density at radius 2 is 1.71 bits per heavy atom. The summed E-state index contributed by atoms with van der Waals surface area (Å²) in [4.78, 5) is 24.7. The van der Waals surface area contributed by atoms with Gasteiger partial charge in [-0.1, -0.05) is 60.7 Å². The summed E-state index contributed by atoms with van der Waals surface area (Å²) in [6.07, 6.45) is -1.26. The lowest BCUT2D eigenvalue weighted by atomic mass is 10.0. The molecule has 0 radical (unpaired) electrons. The van der Waals surface area contributed by atoms with Crippen LogP contribution in [0.15, 0.2) is 60.7 Å². The van der Waals surface area contributed by atoms with Crippen molar-refractivity contribution in [3.8, 4) is 11.3 Å². The molecular weight excluding hydrogens is 378 g/mol. The van der Waals surface area contributed by atoms with Gasteiger partial charge >= 0.3 is 5.97 Å². The molecule has 1 amide bonds. The van der Waals surface area contributed by atoms with Crippen molar-refractivity contribution in [2.45, 2.75) is 18.6 Å². The summed E-state index contributed by atoms with van der Waals surface area (Å²) in [5.74, 6) is -1.34. The molecule has 2 atom stereocenters. The molecule has 0 fully saturated rings. The molecule has 0 aliphatic heterocycles. The minimum absolute atomic E-state index is 0.145. The second-order valence-electron chi connectivity index (χ2n) is 6.07. The second-order valence-corrected chi connectivity index (χ2v) is 6.59. The highest BCUT2D eigenvalue weighted by atomic mass is 32.1. The van der Waals surface area contributed by atoms with Gasteiger partial charge < -0.3 is 15.2 Å². The number of amides is 1. The molecule has 0 aliphatic carbocycles. The topological polar surface area (TPSA) is 101 Å². The summed E-state index contributed by atoms with van der Waals surface area (Å²) in [6.45, 7) is 0. The Kier molecular flexibility index (Phi) is 6.46. The molecule has 7 nitrogen and oxygen atoms in total. The van der Waals surface area contributed by atoms with E-state index in [1.165, 1.54) is 7.11 Å². The van der Waals surface area contributed by atoms with Crippen molar-refractivity contribution in [3.05, 3.63) is 71.9 Å². The number of aromatic nitrogens is 2. The number of methoxy groups -OCH3 is 1. The molecule has 1 heterocycles. The highest BCUT2D eigenvalue weighted by Gasteiger charge is 2.30. The van der Waals surface area contributed by atoms with Gasteiger partial charge in [-0.3, -0.25) is 4.79 Å².